The van der Waals surface area contributed by atoms with Crippen LogP contribution < -0.4 is 10.1 Å². The van der Waals surface area contributed by atoms with E-state index < -0.39 is 0 Å². The number of carbonyl (C=O) groups is 1. The number of likely N-dealkylation sites (N-methyl/N-ethyl adjacent to an activating group) is 1. The standard InChI is InChI=1S/C19H24N4O2/c1-13-16(9-14-7-5-6-8-18(14)25-13)19(24)20-11-17(22(2)3)15-10-21-23(4)12-15/h5-8,10,12,17H,9,11H2,1-4H3,(H,20,24). The number of aromatic nitrogens is 2. The van der Waals surface area contributed by atoms with Crippen molar-refractivity contribution in [3.63, 3.8) is 0 Å². The van der Waals surface area contributed by atoms with Gasteiger partial charge in [-0.05, 0) is 32.6 Å². The number of allylic oxidation sites excluding steroid dienone is 1. The summed E-state index contributed by atoms with van der Waals surface area (Å²) in [6.07, 6.45) is 4.40. The second-order valence-electron chi connectivity index (χ2n) is 6.56. The summed E-state index contributed by atoms with van der Waals surface area (Å²) in [4.78, 5) is 14.8. The number of nitrogens with zero attached hydrogens (tertiary/aromatic N) is 3. The lowest BCUT2D eigenvalue weighted by Crippen LogP contribution is -2.36. The van der Waals surface area contributed by atoms with Crippen LogP contribution in [0.25, 0.3) is 0 Å². The summed E-state index contributed by atoms with van der Waals surface area (Å²) in [5.41, 5.74) is 2.79. The van der Waals surface area contributed by atoms with Crippen molar-refractivity contribution in [3.8, 4) is 5.75 Å². The van der Waals surface area contributed by atoms with Gasteiger partial charge in [0.1, 0.15) is 11.5 Å². The quantitative estimate of drug-likeness (QED) is 0.905. The Morgan fingerprint density at radius 1 is 1.40 bits per heavy atom. The molecule has 2 aromatic rings. The van der Waals surface area contributed by atoms with Crippen LogP contribution in [0.3, 0.4) is 0 Å². The molecule has 132 valence electrons. The third kappa shape index (κ3) is 3.74. The molecule has 1 aromatic carbocycles. The first-order valence-electron chi connectivity index (χ1n) is 8.34. The lowest BCUT2D eigenvalue weighted by atomic mass is 10.00. The fourth-order valence-corrected chi connectivity index (χ4v) is 3.04. The second-order valence-corrected chi connectivity index (χ2v) is 6.56. The molecule has 3 rings (SSSR count). The highest BCUT2D eigenvalue weighted by Gasteiger charge is 2.23. The molecule has 2 heterocycles. The fourth-order valence-electron chi connectivity index (χ4n) is 3.04. The van der Waals surface area contributed by atoms with Crippen molar-refractivity contribution >= 4 is 5.91 Å². The number of hydrogen-bond donors (Lipinski definition) is 1. The van der Waals surface area contributed by atoms with E-state index in [4.69, 9.17) is 4.74 Å². The van der Waals surface area contributed by atoms with E-state index in [2.05, 4.69) is 15.3 Å². The monoisotopic (exact) mass is 340 g/mol. The lowest BCUT2D eigenvalue weighted by molar-refractivity contribution is -0.118. The highest BCUT2D eigenvalue weighted by atomic mass is 16.5. The van der Waals surface area contributed by atoms with E-state index >= 15 is 0 Å². The first-order chi connectivity index (χ1) is 12.0. The highest BCUT2D eigenvalue weighted by molar-refractivity contribution is 5.94. The normalized spacial score (nSPS) is 14.9. The number of aryl methyl sites for hydroxylation is 1. The van der Waals surface area contributed by atoms with Gasteiger partial charge in [0.15, 0.2) is 0 Å². The van der Waals surface area contributed by atoms with Crippen molar-refractivity contribution in [2.75, 3.05) is 20.6 Å². The van der Waals surface area contributed by atoms with Crippen LogP contribution in [0.5, 0.6) is 5.75 Å². The number of carbonyl (C=O) groups excluding carboxylic acids is 1. The molecule has 1 amide bonds. The Labute approximate surface area is 148 Å². The maximum Gasteiger partial charge on any atom is 0.251 e. The van der Waals surface area contributed by atoms with Crippen molar-refractivity contribution < 1.29 is 9.53 Å². The molecule has 1 aromatic heterocycles. The molecule has 6 nitrogen and oxygen atoms in total. The highest BCUT2D eigenvalue weighted by Crippen LogP contribution is 2.29. The zero-order valence-corrected chi connectivity index (χ0v) is 15.1. The number of amides is 1. The summed E-state index contributed by atoms with van der Waals surface area (Å²) in [5.74, 6) is 1.42. The van der Waals surface area contributed by atoms with Crippen molar-refractivity contribution in [1.82, 2.24) is 20.0 Å². The number of rotatable bonds is 5. The molecule has 1 unspecified atom stereocenters. The Bertz CT molecular complexity index is 807. The molecule has 1 atom stereocenters. The predicted molar refractivity (Wildman–Crippen MR) is 96.1 cm³/mol. The first kappa shape index (κ1) is 17.2. The van der Waals surface area contributed by atoms with Crippen molar-refractivity contribution in [2.45, 2.75) is 19.4 Å². The lowest BCUT2D eigenvalue weighted by Gasteiger charge is -2.25. The summed E-state index contributed by atoms with van der Waals surface area (Å²) in [6, 6.07) is 7.89. The SMILES string of the molecule is CC1=C(C(=O)NCC(c2cnn(C)c2)N(C)C)Cc2ccccc2O1. The number of benzene rings is 1. The van der Waals surface area contributed by atoms with E-state index in [0.717, 1.165) is 16.9 Å². The van der Waals surface area contributed by atoms with E-state index in [1.807, 2.05) is 64.7 Å². The number of nitrogens with one attached hydrogen (secondary N) is 1. The van der Waals surface area contributed by atoms with Crippen LogP contribution in [0.1, 0.15) is 24.1 Å². The van der Waals surface area contributed by atoms with Crippen LogP contribution in [0.15, 0.2) is 48.0 Å². The molecule has 0 spiro atoms. The third-order valence-electron chi connectivity index (χ3n) is 4.49. The topological polar surface area (TPSA) is 59.4 Å². The fraction of sp³-hybridized carbons (Fsp3) is 0.368. The Kier molecular flexibility index (Phi) is 4.90. The van der Waals surface area contributed by atoms with Crippen LogP contribution in [-0.2, 0) is 18.3 Å². The predicted octanol–water partition coefficient (Wildman–Crippen LogP) is 2.05. The van der Waals surface area contributed by atoms with Gasteiger partial charge >= 0.3 is 0 Å². The average molecular weight is 340 g/mol. The van der Waals surface area contributed by atoms with Gasteiger partial charge < -0.3 is 15.0 Å². The van der Waals surface area contributed by atoms with Crippen LogP contribution in [0.2, 0.25) is 0 Å². The van der Waals surface area contributed by atoms with E-state index in [1.54, 1.807) is 4.68 Å². The molecule has 0 fully saturated rings. The molecule has 1 N–H and O–H groups in total. The zero-order valence-electron chi connectivity index (χ0n) is 15.1. The Hall–Kier alpha value is -2.60. The van der Waals surface area contributed by atoms with Crippen molar-refractivity contribution in [2.24, 2.45) is 7.05 Å². The molecule has 0 radical (unpaired) electrons. The van der Waals surface area contributed by atoms with Gasteiger partial charge in [-0.25, -0.2) is 0 Å². The summed E-state index contributed by atoms with van der Waals surface area (Å²) in [7, 11) is 5.88. The van der Waals surface area contributed by atoms with Gasteiger partial charge in [-0.3, -0.25) is 9.48 Å². The number of para-hydroxylation sites is 1. The minimum Gasteiger partial charge on any atom is -0.461 e. The second kappa shape index (κ2) is 7.11. The number of hydrogen-bond acceptors (Lipinski definition) is 4. The van der Waals surface area contributed by atoms with Gasteiger partial charge in [-0.15, -0.1) is 0 Å². The smallest absolute Gasteiger partial charge is 0.251 e. The van der Waals surface area contributed by atoms with Gasteiger partial charge in [0.05, 0.1) is 17.8 Å². The largest absolute Gasteiger partial charge is 0.461 e. The van der Waals surface area contributed by atoms with Gasteiger partial charge in [-0.2, -0.15) is 5.10 Å². The van der Waals surface area contributed by atoms with Gasteiger partial charge in [-0.1, -0.05) is 18.2 Å². The molecular formula is C19H24N4O2. The Morgan fingerprint density at radius 2 is 2.16 bits per heavy atom. The number of fused-ring (bicyclic) bond motifs is 1. The minimum absolute atomic E-state index is 0.0651. The maximum absolute atomic E-state index is 12.7. The summed E-state index contributed by atoms with van der Waals surface area (Å²) in [6.45, 7) is 2.35. The minimum atomic E-state index is -0.0808. The van der Waals surface area contributed by atoms with Crippen LogP contribution in [-0.4, -0.2) is 41.2 Å². The van der Waals surface area contributed by atoms with Gasteiger partial charge in [0, 0.05) is 31.8 Å². The van der Waals surface area contributed by atoms with E-state index in [0.29, 0.717) is 24.3 Å². The van der Waals surface area contributed by atoms with Crippen molar-refractivity contribution in [3.05, 3.63) is 59.1 Å². The Balaban J connectivity index is 1.69. The third-order valence-corrected chi connectivity index (χ3v) is 4.49. The molecule has 0 aliphatic carbocycles. The zero-order chi connectivity index (χ0) is 18.0. The molecule has 6 heteroatoms. The Morgan fingerprint density at radius 3 is 2.84 bits per heavy atom. The molecule has 0 bridgehead atoms. The van der Waals surface area contributed by atoms with Crippen LogP contribution in [0, 0.1) is 0 Å². The molecule has 0 saturated carbocycles. The van der Waals surface area contributed by atoms with E-state index in [-0.39, 0.29) is 11.9 Å². The van der Waals surface area contributed by atoms with Crippen LogP contribution >= 0.6 is 0 Å². The molecular weight excluding hydrogens is 316 g/mol. The summed E-state index contributed by atoms with van der Waals surface area (Å²) in [5, 5.41) is 7.27. The van der Waals surface area contributed by atoms with Crippen molar-refractivity contribution in [1.29, 1.82) is 0 Å². The maximum atomic E-state index is 12.7. The van der Waals surface area contributed by atoms with E-state index in [9.17, 15) is 4.79 Å². The average Bonchev–Trinajstić information content (AvgIpc) is 3.00. The molecule has 0 saturated heterocycles. The van der Waals surface area contributed by atoms with Gasteiger partial charge in [0.2, 0.25) is 0 Å². The van der Waals surface area contributed by atoms with Gasteiger partial charge in [0.25, 0.3) is 5.91 Å². The molecule has 1 aliphatic heterocycles. The first-order valence-corrected chi connectivity index (χ1v) is 8.34. The number of ether oxygens (including phenoxy) is 1. The van der Waals surface area contributed by atoms with E-state index in [1.165, 1.54) is 0 Å². The van der Waals surface area contributed by atoms with Crippen LogP contribution in [0.4, 0.5) is 0 Å². The molecule has 25 heavy (non-hydrogen) atoms. The molecule has 1 aliphatic rings. The summed E-state index contributed by atoms with van der Waals surface area (Å²) < 4.78 is 7.57. The summed E-state index contributed by atoms with van der Waals surface area (Å²) >= 11 is 0.